The van der Waals surface area contributed by atoms with Gasteiger partial charge in [-0.3, -0.25) is 14.5 Å². The van der Waals surface area contributed by atoms with E-state index in [1.807, 2.05) is 50.2 Å². The molecule has 1 aliphatic rings. The zero-order valence-electron chi connectivity index (χ0n) is 20.2. The zero-order chi connectivity index (χ0) is 25.1. The van der Waals surface area contributed by atoms with Crippen LogP contribution in [0, 0.1) is 0 Å². The highest BCUT2D eigenvalue weighted by molar-refractivity contribution is 6.51. The molecule has 1 N–H and O–H groups in total. The third-order valence-electron chi connectivity index (χ3n) is 5.94. The van der Waals surface area contributed by atoms with Gasteiger partial charge in [-0.1, -0.05) is 18.2 Å². The van der Waals surface area contributed by atoms with Gasteiger partial charge >= 0.3 is 0 Å². The molecule has 1 amide bonds. The Morgan fingerprint density at radius 3 is 2.26 bits per heavy atom. The van der Waals surface area contributed by atoms with Crippen molar-refractivity contribution in [1.29, 1.82) is 0 Å². The average molecular weight is 473 g/mol. The molecule has 0 aromatic heterocycles. The van der Waals surface area contributed by atoms with Crippen LogP contribution < -0.4 is 19.3 Å². The molecule has 1 heterocycles. The molecule has 3 aromatic rings. The maximum atomic E-state index is 13.3. The first-order valence-electron chi connectivity index (χ1n) is 11.3. The number of benzene rings is 3. The monoisotopic (exact) mass is 472 g/mol. The van der Waals surface area contributed by atoms with Crippen LogP contribution in [-0.4, -0.2) is 44.6 Å². The summed E-state index contributed by atoms with van der Waals surface area (Å²) in [6.07, 6.45) is 0. The number of ketones is 1. The third-order valence-corrected chi connectivity index (χ3v) is 5.94. The van der Waals surface area contributed by atoms with Crippen molar-refractivity contribution < 1.29 is 24.2 Å². The SMILES string of the molecule is CCOc1cccc(N2C(=O)C(=O)/C(=C(/O)c3ccc(OC)cc3)C2c2ccc(N(C)C)cc2)c1. The number of aliphatic hydroxyl groups excluding tert-OH is 1. The molecule has 180 valence electrons. The van der Waals surface area contributed by atoms with Gasteiger partial charge in [0.25, 0.3) is 11.7 Å². The minimum Gasteiger partial charge on any atom is -0.507 e. The highest BCUT2D eigenvalue weighted by atomic mass is 16.5. The predicted molar refractivity (Wildman–Crippen MR) is 136 cm³/mol. The molecule has 1 aliphatic heterocycles. The summed E-state index contributed by atoms with van der Waals surface area (Å²) >= 11 is 0. The van der Waals surface area contributed by atoms with E-state index < -0.39 is 17.7 Å². The van der Waals surface area contributed by atoms with E-state index in [2.05, 4.69) is 0 Å². The number of amides is 1. The number of aliphatic hydroxyl groups is 1. The number of nitrogens with zero attached hydrogens (tertiary/aromatic N) is 2. The van der Waals surface area contributed by atoms with Gasteiger partial charge in [0.2, 0.25) is 0 Å². The van der Waals surface area contributed by atoms with Crippen LogP contribution in [0.3, 0.4) is 0 Å². The van der Waals surface area contributed by atoms with Crippen LogP contribution in [0.2, 0.25) is 0 Å². The third kappa shape index (κ3) is 4.57. The lowest BCUT2D eigenvalue weighted by atomic mass is 9.95. The lowest BCUT2D eigenvalue weighted by Crippen LogP contribution is -2.29. The number of ether oxygens (including phenoxy) is 2. The van der Waals surface area contributed by atoms with E-state index in [0.29, 0.717) is 34.9 Å². The second kappa shape index (κ2) is 9.93. The summed E-state index contributed by atoms with van der Waals surface area (Å²) in [7, 11) is 5.42. The first-order valence-corrected chi connectivity index (χ1v) is 11.3. The van der Waals surface area contributed by atoms with Crippen molar-refractivity contribution in [3.05, 3.63) is 89.5 Å². The Labute approximate surface area is 204 Å². The van der Waals surface area contributed by atoms with Gasteiger partial charge in [-0.15, -0.1) is 0 Å². The Balaban J connectivity index is 1.89. The molecule has 1 fully saturated rings. The van der Waals surface area contributed by atoms with E-state index in [0.717, 1.165) is 5.69 Å². The van der Waals surface area contributed by atoms with Gasteiger partial charge in [-0.05, 0) is 61.0 Å². The number of carbonyl (C=O) groups is 2. The van der Waals surface area contributed by atoms with E-state index in [1.165, 1.54) is 4.90 Å². The molecular formula is C28H28N2O5. The molecule has 3 aromatic carbocycles. The van der Waals surface area contributed by atoms with Crippen molar-refractivity contribution in [1.82, 2.24) is 0 Å². The largest absolute Gasteiger partial charge is 0.507 e. The topological polar surface area (TPSA) is 79.3 Å². The number of carbonyl (C=O) groups excluding carboxylic acids is 2. The zero-order valence-corrected chi connectivity index (χ0v) is 20.2. The van der Waals surface area contributed by atoms with Gasteiger partial charge < -0.3 is 19.5 Å². The Hall–Kier alpha value is -4.26. The lowest BCUT2D eigenvalue weighted by Gasteiger charge is -2.26. The molecule has 4 rings (SSSR count). The van der Waals surface area contributed by atoms with Crippen LogP contribution in [0.1, 0.15) is 24.1 Å². The maximum absolute atomic E-state index is 13.3. The molecule has 1 saturated heterocycles. The maximum Gasteiger partial charge on any atom is 0.300 e. The van der Waals surface area contributed by atoms with Crippen LogP contribution in [-0.2, 0) is 9.59 Å². The van der Waals surface area contributed by atoms with Gasteiger partial charge in [0.15, 0.2) is 0 Å². The number of methoxy groups -OCH3 is 1. The quantitative estimate of drug-likeness (QED) is 0.303. The van der Waals surface area contributed by atoms with Crippen LogP contribution in [0.4, 0.5) is 11.4 Å². The van der Waals surface area contributed by atoms with E-state index in [4.69, 9.17) is 9.47 Å². The summed E-state index contributed by atoms with van der Waals surface area (Å²) in [6, 6.07) is 20.5. The van der Waals surface area contributed by atoms with Crippen LogP contribution in [0.15, 0.2) is 78.4 Å². The molecule has 7 nitrogen and oxygen atoms in total. The van der Waals surface area contributed by atoms with E-state index in [1.54, 1.807) is 55.6 Å². The first-order chi connectivity index (χ1) is 16.8. The smallest absolute Gasteiger partial charge is 0.300 e. The molecule has 1 unspecified atom stereocenters. The van der Waals surface area contributed by atoms with Crippen molar-refractivity contribution in [2.75, 3.05) is 37.6 Å². The molecule has 7 heteroatoms. The number of Topliss-reactive ketones (excluding diaryl/α,β-unsaturated/α-hetero) is 1. The van der Waals surface area contributed by atoms with E-state index in [9.17, 15) is 14.7 Å². The summed E-state index contributed by atoms with van der Waals surface area (Å²) in [5, 5.41) is 11.3. The van der Waals surface area contributed by atoms with Crippen LogP contribution in [0.5, 0.6) is 11.5 Å². The number of hydrogen-bond donors (Lipinski definition) is 1. The molecule has 1 atom stereocenters. The Morgan fingerprint density at radius 2 is 1.66 bits per heavy atom. The van der Waals surface area contributed by atoms with Crippen molar-refractivity contribution in [2.24, 2.45) is 0 Å². The Kier molecular flexibility index (Phi) is 6.78. The fraction of sp³-hybridized carbons (Fsp3) is 0.214. The van der Waals surface area contributed by atoms with Crippen LogP contribution in [0.25, 0.3) is 5.76 Å². The number of hydrogen-bond acceptors (Lipinski definition) is 6. The lowest BCUT2D eigenvalue weighted by molar-refractivity contribution is -0.132. The minimum absolute atomic E-state index is 0.0274. The average Bonchev–Trinajstić information content (AvgIpc) is 3.14. The second-order valence-electron chi connectivity index (χ2n) is 8.31. The number of rotatable bonds is 7. The van der Waals surface area contributed by atoms with Crippen molar-refractivity contribution in [3.63, 3.8) is 0 Å². The molecule has 35 heavy (non-hydrogen) atoms. The highest BCUT2D eigenvalue weighted by Gasteiger charge is 2.47. The van der Waals surface area contributed by atoms with Gasteiger partial charge in [-0.25, -0.2) is 0 Å². The van der Waals surface area contributed by atoms with Gasteiger partial charge in [0, 0.05) is 37.1 Å². The Bertz CT molecular complexity index is 1260. The number of anilines is 2. The normalized spacial score (nSPS) is 16.9. The first kappa shape index (κ1) is 23.9. The summed E-state index contributed by atoms with van der Waals surface area (Å²) in [5.74, 6) is -0.498. The van der Waals surface area contributed by atoms with E-state index in [-0.39, 0.29) is 11.3 Å². The standard InChI is InChI=1S/C28H28N2O5/c1-5-35-23-8-6-7-21(17-23)30-25(18-9-13-20(14-10-18)29(2)3)24(27(32)28(30)33)26(31)19-11-15-22(34-4)16-12-19/h6-17,25,31H,5H2,1-4H3/b26-24+. The van der Waals surface area contributed by atoms with Crippen molar-refractivity contribution in [3.8, 4) is 11.5 Å². The Morgan fingerprint density at radius 1 is 0.971 bits per heavy atom. The van der Waals surface area contributed by atoms with Gasteiger partial charge in [-0.2, -0.15) is 0 Å². The molecule has 0 saturated carbocycles. The van der Waals surface area contributed by atoms with Crippen LogP contribution >= 0.6 is 0 Å². The molecule has 0 bridgehead atoms. The summed E-state index contributed by atoms with van der Waals surface area (Å²) in [5.41, 5.74) is 2.63. The fourth-order valence-corrected chi connectivity index (χ4v) is 4.16. The molecule has 0 radical (unpaired) electrons. The van der Waals surface area contributed by atoms with Gasteiger partial charge in [0.05, 0.1) is 25.3 Å². The summed E-state index contributed by atoms with van der Waals surface area (Å²) in [6.45, 7) is 2.34. The van der Waals surface area contributed by atoms with E-state index >= 15 is 0 Å². The molecular weight excluding hydrogens is 444 g/mol. The molecule has 0 aliphatic carbocycles. The minimum atomic E-state index is -0.815. The molecule has 0 spiro atoms. The second-order valence-corrected chi connectivity index (χ2v) is 8.31. The van der Waals surface area contributed by atoms with Crippen molar-refractivity contribution >= 4 is 28.8 Å². The summed E-state index contributed by atoms with van der Waals surface area (Å²) < 4.78 is 10.8. The predicted octanol–water partition coefficient (Wildman–Crippen LogP) is 4.79. The summed E-state index contributed by atoms with van der Waals surface area (Å²) in [4.78, 5) is 30.0. The van der Waals surface area contributed by atoms with Gasteiger partial charge in [0.1, 0.15) is 17.3 Å². The van der Waals surface area contributed by atoms with Crippen molar-refractivity contribution in [2.45, 2.75) is 13.0 Å². The highest BCUT2D eigenvalue weighted by Crippen LogP contribution is 2.43. The fourth-order valence-electron chi connectivity index (χ4n) is 4.16.